The lowest BCUT2D eigenvalue weighted by molar-refractivity contribution is 0.0695. The number of aromatic carboxylic acids is 1. The van der Waals surface area contributed by atoms with Crippen LogP contribution in [0.3, 0.4) is 0 Å². The zero-order chi connectivity index (χ0) is 13.4. The Morgan fingerprint density at radius 1 is 1.11 bits per heavy atom. The highest BCUT2D eigenvalue weighted by molar-refractivity contribution is 5.89. The number of carboxylic acid groups (broad SMARTS) is 1. The van der Waals surface area contributed by atoms with Gasteiger partial charge in [-0.25, -0.2) is 4.79 Å². The molecule has 0 saturated carbocycles. The van der Waals surface area contributed by atoms with E-state index >= 15 is 0 Å². The van der Waals surface area contributed by atoms with E-state index in [9.17, 15) is 9.90 Å². The third-order valence-corrected chi connectivity index (χ3v) is 3.12. The monoisotopic (exact) mass is 250 g/mol. The van der Waals surface area contributed by atoms with Crippen LogP contribution < -0.4 is 0 Å². The molecule has 0 amide bonds. The molecule has 3 heteroatoms. The molecule has 0 heterocycles. The normalized spacial score (nSPS) is 10.5. The Morgan fingerprint density at radius 3 is 2.44 bits per heavy atom. The van der Waals surface area contributed by atoms with Gasteiger partial charge in [0.15, 0.2) is 0 Å². The number of rotatable bonds is 8. The van der Waals surface area contributed by atoms with Gasteiger partial charge in [0.25, 0.3) is 0 Å². The summed E-state index contributed by atoms with van der Waals surface area (Å²) in [6.07, 6.45) is 7.91. The molecule has 0 aliphatic carbocycles. The van der Waals surface area contributed by atoms with Crippen molar-refractivity contribution >= 4 is 5.97 Å². The highest BCUT2D eigenvalue weighted by atomic mass is 16.4. The van der Waals surface area contributed by atoms with Gasteiger partial charge in [-0.1, -0.05) is 45.1 Å². The number of phenols is 1. The van der Waals surface area contributed by atoms with Crippen molar-refractivity contribution in [1.29, 1.82) is 0 Å². The first-order valence-electron chi connectivity index (χ1n) is 6.70. The first-order valence-corrected chi connectivity index (χ1v) is 6.70. The maximum atomic E-state index is 11.0. The van der Waals surface area contributed by atoms with Crippen LogP contribution in [0.5, 0.6) is 5.75 Å². The molecule has 0 spiro atoms. The molecular weight excluding hydrogens is 228 g/mol. The summed E-state index contributed by atoms with van der Waals surface area (Å²) >= 11 is 0. The van der Waals surface area contributed by atoms with Crippen molar-refractivity contribution in [3.05, 3.63) is 29.3 Å². The van der Waals surface area contributed by atoms with Crippen LogP contribution in [0.1, 0.15) is 61.4 Å². The zero-order valence-electron chi connectivity index (χ0n) is 11.0. The number of aromatic hydroxyl groups is 1. The van der Waals surface area contributed by atoms with Gasteiger partial charge in [-0.05, 0) is 30.5 Å². The Balaban J connectivity index is 2.44. The zero-order valence-corrected chi connectivity index (χ0v) is 11.0. The number of carbonyl (C=O) groups is 1. The summed E-state index contributed by atoms with van der Waals surface area (Å²) < 4.78 is 0. The summed E-state index contributed by atoms with van der Waals surface area (Å²) in [5.41, 5.74) is 1.04. The molecule has 1 aromatic rings. The van der Waals surface area contributed by atoms with Gasteiger partial charge in [0.1, 0.15) is 5.75 Å². The van der Waals surface area contributed by atoms with Crippen molar-refractivity contribution in [2.45, 2.75) is 51.9 Å². The first kappa shape index (κ1) is 14.6. The predicted octanol–water partition coefficient (Wildman–Crippen LogP) is 3.99. The second-order valence-corrected chi connectivity index (χ2v) is 4.66. The Morgan fingerprint density at radius 2 is 1.78 bits per heavy atom. The van der Waals surface area contributed by atoms with E-state index in [-0.39, 0.29) is 11.3 Å². The van der Waals surface area contributed by atoms with Crippen LogP contribution in [-0.2, 0) is 6.42 Å². The average Bonchev–Trinajstić information content (AvgIpc) is 2.35. The van der Waals surface area contributed by atoms with E-state index in [4.69, 9.17) is 5.11 Å². The molecule has 100 valence electrons. The fourth-order valence-corrected chi connectivity index (χ4v) is 2.08. The van der Waals surface area contributed by atoms with Crippen LogP contribution in [-0.4, -0.2) is 16.2 Å². The topological polar surface area (TPSA) is 57.5 Å². The smallest absolute Gasteiger partial charge is 0.336 e. The summed E-state index contributed by atoms with van der Waals surface area (Å²) in [6, 6.07) is 4.60. The fourth-order valence-electron chi connectivity index (χ4n) is 2.08. The van der Waals surface area contributed by atoms with Gasteiger partial charge in [-0.3, -0.25) is 0 Å². The Hall–Kier alpha value is -1.51. The van der Waals surface area contributed by atoms with Crippen molar-refractivity contribution in [3.8, 4) is 5.75 Å². The molecule has 0 bridgehead atoms. The maximum Gasteiger partial charge on any atom is 0.336 e. The molecule has 0 aromatic heterocycles. The van der Waals surface area contributed by atoms with Crippen molar-refractivity contribution in [2.75, 3.05) is 0 Å². The standard InChI is InChI=1S/C15H22O3/c1-2-3-4-5-6-7-8-12-9-10-13(16)11-14(12)15(17)18/h9-11,16H,2-8H2,1H3,(H,17,18). The predicted molar refractivity (Wildman–Crippen MR) is 72.1 cm³/mol. The molecule has 3 nitrogen and oxygen atoms in total. The molecule has 0 atom stereocenters. The minimum Gasteiger partial charge on any atom is -0.508 e. The lowest BCUT2D eigenvalue weighted by Gasteiger charge is -2.06. The molecule has 18 heavy (non-hydrogen) atoms. The number of hydrogen-bond acceptors (Lipinski definition) is 2. The minimum absolute atomic E-state index is 0.0131. The van der Waals surface area contributed by atoms with Crippen LogP contribution in [0, 0.1) is 0 Å². The Bertz CT molecular complexity index is 385. The number of benzene rings is 1. The second kappa shape index (κ2) is 7.75. The van der Waals surface area contributed by atoms with E-state index in [0.29, 0.717) is 0 Å². The van der Waals surface area contributed by atoms with Gasteiger partial charge in [0, 0.05) is 0 Å². The molecular formula is C15H22O3. The van der Waals surface area contributed by atoms with Gasteiger partial charge < -0.3 is 10.2 Å². The maximum absolute atomic E-state index is 11.0. The summed E-state index contributed by atoms with van der Waals surface area (Å²) in [5, 5.41) is 18.3. The third-order valence-electron chi connectivity index (χ3n) is 3.12. The summed E-state index contributed by atoms with van der Waals surface area (Å²) in [6.45, 7) is 2.19. The molecule has 1 rings (SSSR count). The molecule has 0 saturated heterocycles. The molecule has 1 aromatic carbocycles. The van der Waals surface area contributed by atoms with E-state index in [1.807, 2.05) is 0 Å². The third kappa shape index (κ3) is 4.78. The van der Waals surface area contributed by atoms with Crippen LogP contribution in [0.15, 0.2) is 18.2 Å². The molecule has 0 fully saturated rings. The van der Waals surface area contributed by atoms with E-state index in [1.165, 1.54) is 31.7 Å². The highest BCUT2D eigenvalue weighted by Gasteiger charge is 2.10. The molecule has 0 aliphatic rings. The van der Waals surface area contributed by atoms with Crippen LogP contribution in [0.4, 0.5) is 0 Å². The van der Waals surface area contributed by atoms with Gasteiger partial charge in [-0.15, -0.1) is 0 Å². The van der Waals surface area contributed by atoms with Crippen LogP contribution in [0.2, 0.25) is 0 Å². The van der Waals surface area contributed by atoms with Crippen LogP contribution >= 0.6 is 0 Å². The van der Waals surface area contributed by atoms with Gasteiger partial charge in [0.05, 0.1) is 5.56 Å². The molecule has 2 N–H and O–H groups in total. The molecule has 0 radical (unpaired) electrons. The van der Waals surface area contributed by atoms with E-state index in [1.54, 1.807) is 12.1 Å². The van der Waals surface area contributed by atoms with Gasteiger partial charge in [-0.2, -0.15) is 0 Å². The van der Waals surface area contributed by atoms with Gasteiger partial charge in [0.2, 0.25) is 0 Å². The van der Waals surface area contributed by atoms with E-state index in [2.05, 4.69) is 6.92 Å². The van der Waals surface area contributed by atoms with Crippen LogP contribution in [0.25, 0.3) is 0 Å². The minimum atomic E-state index is -0.966. The van der Waals surface area contributed by atoms with E-state index in [0.717, 1.165) is 24.8 Å². The Labute approximate surface area is 108 Å². The van der Waals surface area contributed by atoms with Crippen molar-refractivity contribution in [1.82, 2.24) is 0 Å². The summed E-state index contributed by atoms with van der Waals surface area (Å²) in [4.78, 5) is 11.0. The fraction of sp³-hybridized carbons (Fsp3) is 0.533. The Kier molecular flexibility index (Phi) is 6.26. The number of carboxylic acids is 1. The van der Waals surface area contributed by atoms with Gasteiger partial charge >= 0.3 is 5.97 Å². The number of aryl methyl sites for hydroxylation is 1. The van der Waals surface area contributed by atoms with Crippen molar-refractivity contribution in [3.63, 3.8) is 0 Å². The number of phenolic OH excluding ortho intramolecular Hbond substituents is 1. The first-order chi connectivity index (χ1) is 8.65. The average molecular weight is 250 g/mol. The molecule has 0 unspecified atom stereocenters. The van der Waals surface area contributed by atoms with E-state index < -0.39 is 5.97 Å². The summed E-state index contributed by atoms with van der Waals surface area (Å²) in [7, 11) is 0. The highest BCUT2D eigenvalue weighted by Crippen LogP contribution is 2.19. The molecule has 0 aliphatic heterocycles. The summed E-state index contributed by atoms with van der Waals surface area (Å²) in [5.74, 6) is -0.953. The lowest BCUT2D eigenvalue weighted by Crippen LogP contribution is -2.02. The number of hydrogen-bond donors (Lipinski definition) is 2. The lowest BCUT2D eigenvalue weighted by atomic mass is 10.00. The second-order valence-electron chi connectivity index (χ2n) is 4.66. The quantitative estimate of drug-likeness (QED) is 0.686. The van der Waals surface area contributed by atoms with Crippen molar-refractivity contribution in [2.24, 2.45) is 0 Å². The SMILES string of the molecule is CCCCCCCCc1ccc(O)cc1C(=O)O. The largest absolute Gasteiger partial charge is 0.508 e. The van der Waals surface area contributed by atoms with Crippen molar-refractivity contribution < 1.29 is 15.0 Å². The number of unbranched alkanes of at least 4 members (excludes halogenated alkanes) is 5.